The summed E-state index contributed by atoms with van der Waals surface area (Å²) < 4.78 is 0. The number of hydrogen-bond acceptors (Lipinski definition) is 1. The maximum Gasteiger partial charge on any atom is 0.0929 e. The average molecular weight is 166 g/mol. The fourth-order valence-electron chi connectivity index (χ4n) is 0.791. The minimum atomic E-state index is 0.970. The van der Waals surface area contributed by atoms with Crippen LogP contribution in [-0.4, -0.2) is 9.97 Å². The molecule has 0 amide bonds. The molecule has 2 heteroatoms. The minimum Gasteiger partial charge on any atom is -0.348 e. The average Bonchev–Trinajstić information content (AvgIpc) is 2.52. The molecule has 0 aliphatic carbocycles. The van der Waals surface area contributed by atoms with Crippen molar-refractivity contribution in [3.63, 3.8) is 0 Å². The predicted molar refractivity (Wildman–Crippen MR) is 54.0 cm³/mol. The van der Waals surface area contributed by atoms with Crippen LogP contribution in [0.25, 0.3) is 6.08 Å². The predicted octanol–water partition coefficient (Wildman–Crippen LogP) is 3.03. The second-order valence-electron chi connectivity index (χ2n) is 2.53. The molecule has 0 aliphatic heterocycles. The third-order valence-corrected chi connectivity index (χ3v) is 1.30. The quantitative estimate of drug-likeness (QED) is 0.718. The van der Waals surface area contributed by atoms with Crippen LogP contribution in [0.2, 0.25) is 0 Å². The van der Waals surface area contributed by atoms with Gasteiger partial charge in [0.05, 0.1) is 12.0 Å². The summed E-state index contributed by atoms with van der Waals surface area (Å²) >= 11 is 0. The fraction of sp³-hybridized carbons (Fsp3) is 0.500. The van der Waals surface area contributed by atoms with E-state index >= 15 is 0 Å². The zero-order chi connectivity index (χ0) is 9.40. The molecule has 1 aromatic rings. The molecule has 0 bridgehead atoms. The topological polar surface area (TPSA) is 28.7 Å². The summed E-state index contributed by atoms with van der Waals surface area (Å²) in [4.78, 5) is 7.06. The Morgan fingerprint density at radius 3 is 2.42 bits per heavy atom. The molecule has 2 nitrogen and oxygen atoms in total. The molecule has 68 valence electrons. The first-order valence-electron chi connectivity index (χ1n) is 4.44. The van der Waals surface area contributed by atoms with Crippen molar-refractivity contribution in [1.82, 2.24) is 9.97 Å². The van der Waals surface area contributed by atoms with E-state index in [1.165, 1.54) is 6.42 Å². The third kappa shape index (κ3) is 3.37. The van der Waals surface area contributed by atoms with E-state index in [0.717, 1.165) is 17.8 Å². The second kappa shape index (κ2) is 6.65. The lowest BCUT2D eigenvalue weighted by Crippen LogP contribution is -1.81. The Bertz CT molecular complexity index is 213. The number of hydrogen-bond donors (Lipinski definition) is 1. The molecule has 1 N–H and O–H groups in total. The van der Waals surface area contributed by atoms with Crippen LogP contribution in [0.15, 0.2) is 12.9 Å². The van der Waals surface area contributed by atoms with Gasteiger partial charge in [-0.25, -0.2) is 4.98 Å². The lowest BCUT2D eigenvalue weighted by molar-refractivity contribution is 1.06. The SMILES string of the molecule is C=Cc1nc[nH]c1CC.CCC. The van der Waals surface area contributed by atoms with Crippen molar-refractivity contribution in [2.75, 3.05) is 0 Å². The zero-order valence-corrected chi connectivity index (χ0v) is 8.22. The summed E-state index contributed by atoms with van der Waals surface area (Å²) in [6.07, 6.45) is 5.69. The Morgan fingerprint density at radius 2 is 2.08 bits per heavy atom. The van der Waals surface area contributed by atoms with Crippen LogP contribution in [-0.2, 0) is 6.42 Å². The molecule has 1 aromatic heterocycles. The lowest BCUT2D eigenvalue weighted by Gasteiger charge is -1.88. The van der Waals surface area contributed by atoms with E-state index in [1.54, 1.807) is 12.4 Å². The van der Waals surface area contributed by atoms with E-state index in [9.17, 15) is 0 Å². The summed E-state index contributed by atoms with van der Waals surface area (Å²) in [5.41, 5.74) is 2.13. The van der Waals surface area contributed by atoms with E-state index in [1.807, 2.05) is 0 Å². The Balaban J connectivity index is 0.000000354. The largest absolute Gasteiger partial charge is 0.348 e. The van der Waals surface area contributed by atoms with Gasteiger partial charge in [-0.3, -0.25) is 0 Å². The molecule has 0 fully saturated rings. The Hall–Kier alpha value is -1.05. The number of nitrogens with zero attached hydrogens (tertiary/aromatic N) is 1. The standard InChI is InChI=1S/C7H10N2.C3H8/c1-3-6-7(4-2)9-5-8-6;1-3-2/h3,5H,1,4H2,2H3,(H,8,9);3H2,1-2H3. The molecule has 1 rings (SSSR count). The highest BCUT2D eigenvalue weighted by molar-refractivity contribution is 5.44. The van der Waals surface area contributed by atoms with Gasteiger partial charge >= 0.3 is 0 Å². The Kier molecular flexibility index (Phi) is 6.07. The molecule has 0 unspecified atom stereocenters. The monoisotopic (exact) mass is 166 g/mol. The van der Waals surface area contributed by atoms with Crippen LogP contribution >= 0.6 is 0 Å². The van der Waals surface area contributed by atoms with Gasteiger partial charge in [-0.2, -0.15) is 0 Å². The van der Waals surface area contributed by atoms with Crippen molar-refractivity contribution in [2.24, 2.45) is 0 Å². The maximum atomic E-state index is 4.03. The van der Waals surface area contributed by atoms with Gasteiger partial charge in [-0.15, -0.1) is 0 Å². The second-order valence-corrected chi connectivity index (χ2v) is 2.53. The van der Waals surface area contributed by atoms with Crippen LogP contribution in [0.1, 0.15) is 38.6 Å². The van der Waals surface area contributed by atoms with Gasteiger partial charge in [0.1, 0.15) is 0 Å². The van der Waals surface area contributed by atoms with Crippen molar-refractivity contribution in [3.05, 3.63) is 24.3 Å². The lowest BCUT2D eigenvalue weighted by atomic mass is 10.3. The molecule has 0 saturated heterocycles. The van der Waals surface area contributed by atoms with Crippen LogP contribution < -0.4 is 0 Å². The number of aromatic amines is 1. The van der Waals surface area contributed by atoms with Crippen LogP contribution in [0.5, 0.6) is 0 Å². The van der Waals surface area contributed by atoms with Crippen molar-refractivity contribution < 1.29 is 0 Å². The van der Waals surface area contributed by atoms with E-state index in [4.69, 9.17) is 0 Å². The maximum absolute atomic E-state index is 4.03. The van der Waals surface area contributed by atoms with E-state index in [-0.39, 0.29) is 0 Å². The highest BCUT2D eigenvalue weighted by Gasteiger charge is 1.95. The van der Waals surface area contributed by atoms with Crippen molar-refractivity contribution in [2.45, 2.75) is 33.6 Å². The van der Waals surface area contributed by atoms with Gasteiger partial charge in [-0.05, 0) is 12.5 Å². The van der Waals surface area contributed by atoms with E-state index in [2.05, 4.69) is 37.3 Å². The van der Waals surface area contributed by atoms with E-state index < -0.39 is 0 Å². The number of H-pyrrole nitrogens is 1. The molecule has 0 radical (unpaired) electrons. The Labute approximate surface area is 74.7 Å². The summed E-state index contributed by atoms with van der Waals surface area (Å²) in [5, 5.41) is 0. The van der Waals surface area contributed by atoms with E-state index in [0.29, 0.717) is 0 Å². The summed E-state index contributed by atoms with van der Waals surface area (Å²) in [5.74, 6) is 0. The number of aromatic nitrogens is 2. The highest BCUT2D eigenvalue weighted by Crippen LogP contribution is 2.03. The fourth-order valence-corrected chi connectivity index (χ4v) is 0.791. The normalized spacial score (nSPS) is 8.58. The van der Waals surface area contributed by atoms with Gasteiger partial charge in [0.25, 0.3) is 0 Å². The van der Waals surface area contributed by atoms with Gasteiger partial charge < -0.3 is 4.98 Å². The number of aryl methyl sites for hydroxylation is 1. The van der Waals surface area contributed by atoms with Crippen molar-refractivity contribution >= 4 is 6.08 Å². The number of nitrogens with one attached hydrogen (secondary N) is 1. The first kappa shape index (κ1) is 11.0. The molecule has 0 spiro atoms. The van der Waals surface area contributed by atoms with Gasteiger partial charge in [0.2, 0.25) is 0 Å². The van der Waals surface area contributed by atoms with Crippen LogP contribution in [0, 0.1) is 0 Å². The number of imidazole rings is 1. The van der Waals surface area contributed by atoms with Gasteiger partial charge in [-0.1, -0.05) is 33.8 Å². The molecular formula is C10H18N2. The summed E-state index contributed by atoms with van der Waals surface area (Å²) in [7, 11) is 0. The van der Waals surface area contributed by atoms with Crippen molar-refractivity contribution in [1.29, 1.82) is 0 Å². The highest BCUT2D eigenvalue weighted by atomic mass is 14.9. The molecule has 0 aliphatic rings. The summed E-state index contributed by atoms with van der Waals surface area (Å²) in [6, 6.07) is 0. The molecule has 0 saturated carbocycles. The summed E-state index contributed by atoms with van der Waals surface area (Å²) in [6.45, 7) is 9.96. The molecule has 0 aromatic carbocycles. The first-order valence-corrected chi connectivity index (χ1v) is 4.44. The minimum absolute atomic E-state index is 0.970. The Morgan fingerprint density at radius 1 is 1.50 bits per heavy atom. The van der Waals surface area contributed by atoms with Crippen LogP contribution in [0.3, 0.4) is 0 Å². The first-order chi connectivity index (χ1) is 5.79. The van der Waals surface area contributed by atoms with Gasteiger partial charge in [0, 0.05) is 5.69 Å². The zero-order valence-electron chi connectivity index (χ0n) is 8.22. The third-order valence-electron chi connectivity index (χ3n) is 1.30. The molecule has 12 heavy (non-hydrogen) atoms. The smallest absolute Gasteiger partial charge is 0.0929 e. The molecule has 0 atom stereocenters. The van der Waals surface area contributed by atoms with Crippen molar-refractivity contribution in [3.8, 4) is 0 Å². The van der Waals surface area contributed by atoms with Gasteiger partial charge in [0.15, 0.2) is 0 Å². The molecular weight excluding hydrogens is 148 g/mol. The molecule has 1 heterocycles. The number of rotatable bonds is 2. The van der Waals surface area contributed by atoms with Crippen LogP contribution in [0.4, 0.5) is 0 Å².